The van der Waals surface area contributed by atoms with Gasteiger partial charge in [0.2, 0.25) is 5.91 Å². The van der Waals surface area contributed by atoms with Crippen LogP contribution in [0.3, 0.4) is 0 Å². The van der Waals surface area contributed by atoms with Gasteiger partial charge in [-0.2, -0.15) is 0 Å². The largest absolute Gasteiger partial charge is 0.363 e. The number of aromatic nitrogens is 1. The molecule has 0 atom stereocenters. The summed E-state index contributed by atoms with van der Waals surface area (Å²) in [5.41, 5.74) is -0.0350. The van der Waals surface area contributed by atoms with Gasteiger partial charge in [0.1, 0.15) is 18.6 Å². The zero-order valence-corrected chi connectivity index (χ0v) is 14.2. The van der Waals surface area contributed by atoms with E-state index < -0.39 is 17.6 Å². The number of carbonyl (C=O) groups is 2. The van der Waals surface area contributed by atoms with Crippen molar-refractivity contribution in [1.82, 2.24) is 10.1 Å². The van der Waals surface area contributed by atoms with Gasteiger partial charge in [0, 0.05) is 12.6 Å². The zero-order chi connectivity index (χ0) is 18.1. The van der Waals surface area contributed by atoms with Crippen molar-refractivity contribution in [2.75, 3.05) is 18.4 Å². The third-order valence-electron chi connectivity index (χ3n) is 3.71. The minimum Gasteiger partial charge on any atom is -0.363 e. The van der Waals surface area contributed by atoms with Gasteiger partial charge < -0.3 is 14.7 Å². The zero-order valence-electron chi connectivity index (χ0n) is 14.2. The third-order valence-corrected chi connectivity index (χ3v) is 3.71. The van der Waals surface area contributed by atoms with Crippen LogP contribution in [0.25, 0.3) is 0 Å². The number of nitrogens with one attached hydrogen (secondary N) is 1. The summed E-state index contributed by atoms with van der Waals surface area (Å²) >= 11 is 0. The molecule has 1 aromatic heterocycles. The number of anilines is 1. The monoisotopic (exact) mass is 347 g/mol. The van der Waals surface area contributed by atoms with Gasteiger partial charge >= 0.3 is 0 Å². The van der Waals surface area contributed by atoms with Crippen LogP contribution < -0.4 is 5.32 Å². The highest BCUT2D eigenvalue weighted by atomic mass is 19.1. The predicted molar refractivity (Wildman–Crippen MR) is 91.6 cm³/mol. The summed E-state index contributed by atoms with van der Waals surface area (Å²) in [5, 5.41) is 6.14. The highest BCUT2D eigenvalue weighted by Gasteiger charge is 2.21. The Morgan fingerprint density at radius 2 is 2.00 bits per heavy atom. The highest BCUT2D eigenvalue weighted by Crippen LogP contribution is 2.12. The van der Waals surface area contributed by atoms with E-state index in [4.69, 9.17) is 0 Å². The first kappa shape index (κ1) is 18.6. The molecule has 0 fully saturated rings. The van der Waals surface area contributed by atoms with E-state index in [0.717, 1.165) is 25.7 Å². The van der Waals surface area contributed by atoms with Crippen LogP contribution >= 0.6 is 0 Å². The smallest absolute Gasteiger partial charge is 0.257 e. The van der Waals surface area contributed by atoms with Crippen LogP contribution in [-0.2, 0) is 4.79 Å². The summed E-state index contributed by atoms with van der Waals surface area (Å²) in [4.78, 5) is 26.2. The minimum atomic E-state index is -0.594. The molecule has 0 saturated carbocycles. The summed E-state index contributed by atoms with van der Waals surface area (Å²) in [7, 11) is 0. The van der Waals surface area contributed by atoms with E-state index in [1.54, 1.807) is 6.07 Å². The molecule has 0 unspecified atom stereocenters. The third kappa shape index (κ3) is 5.70. The Bertz CT molecular complexity index is 689. The number of rotatable bonds is 9. The van der Waals surface area contributed by atoms with Gasteiger partial charge in [0.05, 0.1) is 5.56 Å². The maximum Gasteiger partial charge on any atom is 0.257 e. The van der Waals surface area contributed by atoms with Crippen LogP contribution in [0, 0.1) is 5.82 Å². The molecule has 6 nitrogen and oxygen atoms in total. The van der Waals surface area contributed by atoms with Crippen LogP contribution in [0.4, 0.5) is 10.2 Å². The first-order valence-electron chi connectivity index (χ1n) is 8.36. The van der Waals surface area contributed by atoms with Crippen molar-refractivity contribution < 1.29 is 18.5 Å². The summed E-state index contributed by atoms with van der Waals surface area (Å²) < 4.78 is 18.6. The first-order valence-corrected chi connectivity index (χ1v) is 8.36. The number of benzene rings is 1. The molecule has 1 heterocycles. The molecule has 0 bridgehead atoms. The number of amides is 2. The van der Waals surface area contributed by atoms with E-state index in [1.165, 1.54) is 35.4 Å². The molecule has 0 aliphatic carbocycles. The van der Waals surface area contributed by atoms with Crippen molar-refractivity contribution in [1.29, 1.82) is 0 Å². The summed E-state index contributed by atoms with van der Waals surface area (Å²) in [6.07, 6.45) is 5.15. The number of hydrogen-bond acceptors (Lipinski definition) is 4. The van der Waals surface area contributed by atoms with Gasteiger partial charge in [-0.1, -0.05) is 43.5 Å². The van der Waals surface area contributed by atoms with Crippen LogP contribution in [0.5, 0.6) is 0 Å². The molecule has 7 heteroatoms. The average molecular weight is 347 g/mol. The van der Waals surface area contributed by atoms with Gasteiger partial charge in [-0.15, -0.1) is 0 Å². The molecule has 1 N–H and O–H groups in total. The maximum atomic E-state index is 13.9. The van der Waals surface area contributed by atoms with Crippen molar-refractivity contribution >= 4 is 17.6 Å². The lowest BCUT2D eigenvalue weighted by Crippen LogP contribution is -2.39. The lowest BCUT2D eigenvalue weighted by atomic mass is 10.1. The lowest BCUT2D eigenvalue weighted by molar-refractivity contribution is -0.117. The fraction of sp³-hybridized carbons (Fsp3) is 0.389. The Labute approximate surface area is 146 Å². The molecule has 134 valence electrons. The van der Waals surface area contributed by atoms with E-state index in [9.17, 15) is 14.0 Å². The quantitative estimate of drug-likeness (QED) is 0.705. The van der Waals surface area contributed by atoms with Crippen LogP contribution in [0.2, 0.25) is 0 Å². The Balaban J connectivity index is 2.04. The molecular formula is C18H22FN3O3. The number of carbonyl (C=O) groups excluding carboxylic acids is 2. The van der Waals surface area contributed by atoms with Crippen molar-refractivity contribution in [2.45, 2.75) is 32.6 Å². The molecule has 2 aromatic rings. The van der Waals surface area contributed by atoms with E-state index in [0.29, 0.717) is 6.54 Å². The topological polar surface area (TPSA) is 75.4 Å². The fourth-order valence-electron chi connectivity index (χ4n) is 2.42. The summed E-state index contributed by atoms with van der Waals surface area (Å²) in [5.74, 6) is -1.23. The van der Waals surface area contributed by atoms with Crippen LogP contribution in [0.15, 0.2) is 41.1 Å². The molecule has 1 aromatic carbocycles. The lowest BCUT2D eigenvalue weighted by Gasteiger charge is -2.22. The van der Waals surface area contributed by atoms with E-state index in [1.807, 2.05) is 0 Å². The van der Waals surface area contributed by atoms with Gasteiger partial charge in [-0.3, -0.25) is 9.59 Å². The fourth-order valence-corrected chi connectivity index (χ4v) is 2.42. The molecule has 25 heavy (non-hydrogen) atoms. The van der Waals surface area contributed by atoms with Gasteiger partial charge in [0.25, 0.3) is 5.91 Å². The van der Waals surface area contributed by atoms with Crippen molar-refractivity contribution in [3.63, 3.8) is 0 Å². The normalized spacial score (nSPS) is 10.5. The van der Waals surface area contributed by atoms with Crippen LogP contribution in [-0.4, -0.2) is 35.0 Å². The number of hydrogen-bond donors (Lipinski definition) is 1. The predicted octanol–water partition coefficient (Wildman–Crippen LogP) is 3.47. The molecule has 0 spiro atoms. The Morgan fingerprint density at radius 3 is 2.68 bits per heavy atom. The van der Waals surface area contributed by atoms with Crippen molar-refractivity contribution in [3.8, 4) is 0 Å². The van der Waals surface area contributed by atoms with E-state index in [2.05, 4.69) is 21.9 Å². The second-order valence-electron chi connectivity index (χ2n) is 5.70. The SMILES string of the molecule is CCCCCCN(CC(=O)Nc1ccon1)C(=O)c1ccccc1F. The molecule has 2 rings (SSSR count). The van der Waals surface area contributed by atoms with E-state index in [-0.39, 0.29) is 17.9 Å². The second kappa shape index (κ2) is 9.56. The van der Waals surface area contributed by atoms with Crippen LogP contribution in [0.1, 0.15) is 43.0 Å². The molecule has 0 aliphatic rings. The van der Waals surface area contributed by atoms with Gasteiger partial charge in [-0.05, 0) is 18.6 Å². The standard InChI is InChI=1S/C18H22FN3O3/c1-2-3-4-7-11-22(13-17(23)20-16-10-12-25-21-16)18(24)14-8-5-6-9-15(14)19/h5-6,8-10,12H,2-4,7,11,13H2,1H3,(H,20,21,23). The Hall–Kier alpha value is -2.70. The maximum absolute atomic E-state index is 13.9. The Kier molecular flexibility index (Phi) is 7.13. The first-order chi connectivity index (χ1) is 12.1. The van der Waals surface area contributed by atoms with E-state index >= 15 is 0 Å². The number of halogens is 1. The highest BCUT2D eigenvalue weighted by molar-refractivity contribution is 5.99. The van der Waals surface area contributed by atoms with Crippen molar-refractivity contribution in [3.05, 3.63) is 48.0 Å². The van der Waals surface area contributed by atoms with Gasteiger partial charge in [0.15, 0.2) is 5.82 Å². The minimum absolute atomic E-state index is 0.0350. The second-order valence-corrected chi connectivity index (χ2v) is 5.70. The Morgan fingerprint density at radius 1 is 1.20 bits per heavy atom. The molecule has 0 aliphatic heterocycles. The summed E-state index contributed by atoms with van der Waals surface area (Å²) in [6, 6.07) is 7.28. The summed E-state index contributed by atoms with van der Waals surface area (Å²) in [6.45, 7) is 2.30. The average Bonchev–Trinajstić information content (AvgIpc) is 3.10. The molecule has 0 radical (unpaired) electrons. The molecular weight excluding hydrogens is 325 g/mol. The van der Waals surface area contributed by atoms with Gasteiger partial charge in [-0.25, -0.2) is 4.39 Å². The number of unbranched alkanes of at least 4 members (excludes halogenated alkanes) is 3. The molecule has 0 saturated heterocycles. The number of nitrogens with zero attached hydrogens (tertiary/aromatic N) is 2. The van der Waals surface area contributed by atoms with Crippen molar-refractivity contribution in [2.24, 2.45) is 0 Å². The molecule has 2 amide bonds.